The summed E-state index contributed by atoms with van der Waals surface area (Å²) >= 11 is 0. The quantitative estimate of drug-likeness (QED) is 0.691. The largest absolute Gasteiger partial charge is 0.342 e. The summed E-state index contributed by atoms with van der Waals surface area (Å²) in [5, 5.41) is 0. The molecule has 2 saturated heterocycles. The average Bonchev–Trinajstić information content (AvgIpc) is 2.85. The molecule has 4 rings (SSSR count). The monoisotopic (exact) mass is 436 g/mol. The first kappa shape index (κ1) is 22.6. The number of hydrogen-bond acceptors (Lipinski definition) is 6. The van der Waals surface area contributed by atoms with Crippen molar-refractivity contribution < 1.29 is 4.79 Å². The van der Waals surface area contributed by atoms with Gasteiger partial charge in [0.25, 0.3) is 0 Å². The molecule has 0 N–H and O–H groups in total. The number of rotatable bonds is 6. The minimum Gasteiger partial charge on any atom is -0.342 e. The van der Waals surface area contributed by atoms with E-state index in [4.69, 9.17) is 9.97 Å². The molecule has 2 fully saturated rings. The van der Waals surface area contributed by atoms with E-state index in [1.165, 1.54) is 0 Å². The van der Waals surface area contributed by atoms with Crippen LogP contribution in [0.4, 0.5) is 5.95 Å². The number of aromatic nitrogens is 3. The van der Waals surface area contributed by atoms with Crippen LogP contribution in [0, 0.1) is 5.92 Å². The second kappa shape index (κ2) is 10.4. The molecule has 0 aromatic carbocycles. The highest BCUT2D eigenvalue weighted by Crippen LogP contribution is 2.34. The predicted octanol–water partition coefficient (Wildman–Crippen LogP) is 3.43. The molecule has 1 unspecified atom stereocenters. The maximum atomic E-state index is 13.1. The van der Waals surface area contributed by atoms with Gasteiger partial charge >= 0.3 is 0 Å². The Morgan fingerprint density at radius 2 is 1.91 bits per heavy atom. The normalized spacial score (nSPS) is 20.1. The molecule has 2 aliphatic rings. The van der Waals surface area contributed by atoms with Crippen LogP contribution in [0.2, 0.25) is 0 Å². The predicted molar refractivity (Wildman–Crippen MR) is 128 cm³/mol. The SMILES string of the molecule is CCC(CC)C(=O)N1CCCC(c2nc(N3CCN(C)CC3)ncc2-c2cccnc2)C1. The summed E-state index contributed by atoms with van der Waals surface area (Å²) in [6.45, 7) is 9.72. The molecule has 0 radical (unpaired) electrons. The number of piperazine rings is 1. The Kier molecular flexibility index (Phi) is 7.35. The fraction of sp³-hybridized carbons (Fsp3) is 0.600. The third-order valence-corrected chi connectivity index (χ3v) is 7.02. The first-order valence-corrected chi connectivity index (χ1v) is 12.1. The van der Waals surface area contributed by atoms with E-state index in [0.717, 1.165) is 87.7 Å². The summed E-state index contributed by atoms with van der Waals surface area (Å²) < 4.78 is 0. The average molecular weight is 437 g/mol. The van der Waals surface area contributed by atoms with Gasteiger partial charge in [-0.15, -0.1) is 0 Å². The van der Waals surface area contributed by atoms with E-state index in [1.807, 2.05) is 18.5 Å². The van der Waals surface area contributed by atoms with Crippen LogP contribution in [0.1, 0.15) is 51.1 Å². The number of piperidine rings is 1. The van der Waals surface area contributed by atoms with Crippen LogP contribution in [0.3, 0.4) is 0 Å². The summed E-state index contributed by atoms with van der Waals surface area (Å²) in [4.78, 5) is 34.0. The fourth-order valence-corrected chi connectivity index (χ4v) is 4.90. The summed E-state index contributed by atoms with van der Waals surface area (Å²) in [6, 6.07) is 4.03. The molecule has 0 saturated carbocycles. The summed E-state index contributed by atoms with van der Waals surface area (Å²) in [5.74, 6) is 1.45. The maximum absolute atomic E-state index is 13.1. The second-order valence-corrected chi connectivity index (χ2v) is 9.14. The molecule has 32 heavy (non-hydrogen) atoms. The van der Waals surface area contributed by atoms with Crippen molar-refractivity contribution in [3.63, 3.8) is 0 Å². The molecule has 4 heterocycles. The van der Waals surface area contributed by atoms with Gasteiger partial charge in [0.05, 0.1) is 5.69 Å². The molecule has 1 amide bonds. The van der Waals surface area contributed by atoms with Gasteiger partial charge in [-0.25, -0.2) is 9.97 Å². The van der Waals surface area contributed by atoms with Gasteiger partial charge in [0, 0.05) is 80.8 Å². The maximum Gasteiger partial charge on any atom is 0.225 e. The van der Waals surface area contributed by atoms with E-state index in [9.17, 15) is 4.79 Å². The lowest BCUT2D eigenvalue weighted by atomic mass is 9.89. The van der Waals surface area contributed by atoms with Gasteiger partial charge in [0.15, 0.2) is 0 Å². The lowest BCUT2D eigenvalue weighted by molar-refractivity contribution is -0.137. The Balaban J connectivity index is 1.65. The van der Waals surface area contributed by atoms with E-state index < -0.39 is 0 Å². The van der Waals surface area contributed by atoms with E-state index in [-0.39, 0.29) is 11.8 Å². The van der Waals surface area contributed by atoms with Crippen molar-refractivity contribution in [1.29, 1.82) is 0 Å². The number of likely N-dealkylation sites (tertiary alicyclic amines) is 1. The highest BCUT2D eigenvalue weighted by Gasteiger charge is 2.31. The van der Waals surface area contributed by atoms with E-state index >= 15 is 0 Å². The van der Waals surface area contributed by atoms with E-state index in [1.54, 1.807) is 6.20 Å². The van der Waals surface area contributed by atoms with Gasteiger partial charge in [0.1, 0.15) is 0 Å². The summed E-state index contributed by atoms with van der Waals surface area (Å²) in [6.07, 6.45) is 9.49. The highest BCUT2D eigenvalue weighted by atomic mass is 16.2. The molecule has 2 aliphatic heterocycles. The molecule has 2 aromatic rings. The third kappa shape index (κ3) is 4.93. The van der Waals surface area contributed by atoms with Crippen LogP contribution in [0.25, 0.3) is 11.1 Å². The molecule has 7 nitrogen and oxygen atoms in total. The first-order chi connectivity index (χ1) is 15.6. The van der Waals surface area contributed by atoms with Crippen LogP contribution in [-0.4, -0.2) is 77.0 Å². The van der Waals surface area contributed by atoms with Gasteiger partial charge in [-0.3, -0.25) is 9.78 Å². The van der Waals surface area contributed by atoms with Crippen molar-refractivity contribution >= 4 is 11.9 Å². The third-order valence-electron chi connectivity index (χ3n) is 7.02. The molecule has 7 heteroatoms. The molecule has 0 spiro atoms. The number of nitrogens with zero attached hydrogens (tertiary/aromatic N) is 6. The van der Waals surface area contributed by atoms with Crippen molar-refractivity contribution in [2.24, 2.45) is 5.92 Å². The fourth-order valence-electron chi connectivity index (χ4n) is 4.90. The van der Waals surface area contributed by atoms with Crippen LogP contribution in [0.15, 0.2) is 30.7 Å². The Bertz CT molecular complexity index is 893. The molecule has 2 aromatic heterocycles. The summed E-state index contributed by atoms with van der Waals surface area (Å²) in [7, 11) is 2.16. The zero-order chi connectivity index (χ0) is 22.5. The number of pyridine rings is 1. The Labute approximate surface area is 191 Å². The molecule has 0 bridgehead atoms. The van der Waals surface area contributed by atoms with Crippen molar-refractivity contribution in [3.8, 4) is 11.1 Å². The number of amides is 1. The van der Waals surface area contributed by atoms with Gasteiger partial charge in [-0.2, -0.15) is 0 Å². The topological polar surface area (TPSA) is 65.5 Å². The molecule has 1 atom stereocenters. The molecular formula is C25H36N6O. The molecular weight excluding hydrogens is 400 g/mol. The minimum absolute atomic E-state index is 0.123. The highest BCUT2D eigenvalue weighted by molar-refractivity contribution is 5.79. The molecule has 172 valence electrons. The van der Waals surface area contributed by atoms with E-state index in [0.29, 0.717) is 5.91 Å². The van der Waals surface area contributed by atoms with Crippen LogP contribution in [-0.2, 0) is 4.79 Å². The Morgan fingerprint density at radius 3 is 2.59 bits per heavy atom. The standard InChI is InChI=1S/C25H36N6O/c1-4-19(5-2)24(32)31-11-7-9-21(18-31)23-22(20-8-6-10-26-16-20)17-27-25(28-23)30-14-12-29(3)13-15-30/h6,8,10,16-17,19,21H,4-5,7,9,11-15,18H2,1-3H3. The van der Waals surface area contributed by atoms with Gasteiger partial charge in [-0.05, 0) is 38.8 Å². The van der Waals surface area contributed by atoms with Crippen molar-refractivity contribution in [2.75, 3.05) is 51.2 Å². The van der Waals surface area contributed by atoms with Gasteiger partial charge in [0.2, 0.25) is 11.9 Å². The van der Waals surface area contributed by atoms with Crippen LogP contribution >= 0.6 is 0 Å². The Hall–Kier alpha value is -2.54. The van der Waals surface area contributed by atoms with Gasteiger partial charge < -0.3 is 14.7 Å². The van der Waals surface area contributed by atoms with Crippen molar-refractivity contribution in [3.05, 3.63) is 36.4 Å². The number of carbonyl (C=O) groups is 1. The minimum atomic E-state index is 0.123. The smallest absolute Gasteiger partial charge is 0.225 e. The number of anilines is 1. The zero-order valence-electron chi connectivity index (χ0n) is 19.7. The Morgan fingerprint density at radius 1 is 1.12 bits per heavy atom. The summed E-state index contributed by atoms with van der Waals surface area (Å²) in [5.41, 5.74) is 3.14. The van der Waals surface area contributed by atoms with Crippen LogP contribution < -0.4 is 4.90 Å². The molecule has 0 aliphatic carbocycles. The van der Waals surface area contributed by atoms with Crippen molar-refractivity contribution in [2.45, 2.75) is 45.4 Å². The van der Waals surface area contributed by atoms with Gasteiger partial charge in [-0.1, -0.05) is 19.9 Å². The van der Waals surface area contributed by atoms with Crippen molar-refractivity contribution in [1.82, 2.24) is 24.8 Å². The number of hydrogen-bond donors (Lipinski definition) is 0. The number of likely N-dealkylation sites (N-methyl/N-ethyl adjacent to an activating group) is 1. The van der Waals surface area contributed by atoms with E-state index in [2.05, 4.69) is 46.6 Å². The lowest BCUT2D eigenvalue weighted by Gasteiger charge is -2.36. The van der Waals surface area contributed by atoms with Crippen LogP contribution in [0.5, 0.6) is 0 Å². The zero-order valence-corrected chi connectivity index (χ0v) is 19.7. The lowest BCUT2D eigenvalue weighted by Crippen LogP contribution is -2.45. The number of carbonyl (C=O) groups excluding carboxylic acids is 1. The first-order valence-electron chi connectivity index (χ1n) is 12.1. The second-order valence-electron chi connectivity index (χ2n) is 9.14.